The molecule has 0 atom stereocenters. The van der Waals surface area contributed by atoms with Gasteiger partial charge in [-0.1, -0.05) is 0 Å². The van der Waals surface area contributed by atoms with E-state index in [9.17, 15) is 0 Å². The van der Waals surface area contributed by atoms with Crippen molar-refractivity contribution < 1.29 is 51.2 Å². The van der Waals surface area contributed by atoms with Crippen LogP contribution in [0.4, 0.5) is 0 Å². The summed E-state index contributed by atoms with van der Waals surface area (Å²) in [5, 5.41) is 0. The Hall–Kier alpha value is 2.10. The van der Waals surface area contributed by atoms with Gasteiger partial charge in [0.05, 0.1) is 0 Å². The zero-order valence-corrected chi connectivity index (χ0v) is 4.37. The van der Waals surface area contributed by atoms with Gasteiger partial charge in [-0.2, -0.15) is 0 Å². The Labute approximate surface area is 68.3 Å². The van der Waals surface area contributed by atoms with Gasteiger partial charge < -0.3 is 0 Å². The summed E-state index contributed by atoms with van der Waals surface area (Å²) in [6, 6.07) is 0. The average molecular weight is 244 g/mol. The van der Waals surface area contributed by atoms with Gasteiger partial charge in [-0.15, -0.1) is 0 Å². The molecule has 0 radical (unpaired) electrons. The van der Waals surface area contributed by atoms with Crippen LogP contribution in [-0.4, -0.2) is 17.6 Å². The first-order valence-electron chi connectivity index (χ1n) is 0. The van der Waals surface area contributed by atoms with E-state index < -0.39 is 0 Å². The maximum absolute atomic E-state index is 0. The second-order valence-electron chi connectivity index (χ2n) is 0. The second-order valence-corrected chi connectivity index (χ2v) is 0. The van der Waals surface area contributed by atoms with Gasteiger partial charge in [0.15, 0.2) is 0 Å². The van der Waals surface area contributed by atoms with Crippen LogP contribution in [0.15, 0.2) is 0 Å². The van der Waals surface area contributed by atoms with Crippen LogP contribution in [0, 0.1) is 0 Å². The first-order chi connectivity index (χ1) is 0. The van der Waals surface area contributed by atoms with E-state index in [4.69, 9.17) is 0 Å². The Kier molecular flexibility index (Phi) is 175. The number of rotatable bonds is 0. The molecule has 0 aliphatic carbocycles. The molecule has 0 unspecified atom stereocenters. The zero-order valence-electron chi connectivity index (χ0n) is 1.06. The van der Waals surface area contributed by atoms with Crippen molar-refractivity contribution in [1.82, 2.24) is 0 Å². The average Bonchev–Trinajstić information content (AvgIpc) is 0. The summed E-state index contributed by atoms with van der Waals surface area (Å²) in [5.41, 5.74) is 0. The quantitative estimate of drug-likeness (QED) is 0.457. The third-order valence-electron chi connectivity index (χ3n) is 0. The molecule has 0 N–H and O–H groups in total. The summed E-state index contributed by atoms with van der Waals surface area (Å²) in [7, 11) is 0. The third kappa shape index (κ3) is 8.93. The van der Waals surface area contributed by atoms with E-state index in [1.807, 2.05) is 0 Å². The molecule has 0 nitrogen and oxygen atoms in total. The molecule has 0 rings (SSSR count). The van der Waals surface area contributed by atoms with Crippen molar-refractivity contribution in [3.8, 4) is 0 Å². The molecule has 0 bridgehead atoms. The number of hydrogen-bond donors (Lipinski definition) is 0. The molecule has 0 heterocycles. The molecule has 0 aromatic carbocycles. The van der Waals surface area contributed by atoms with E-state index in [0.717, 1.165) is 0 Å². The van der Waals surface area contributed by atoms with Crippen LogP contribution in [0.1, 0.15) is 0 Å². The predicted molar refractivity (Wildman–Crippen MR) is 11.3 cm³/mol. The molecule has 0 fully saturated rings. The van der Waals surface area contributed by atoms with Gasteiger partial charge in [-0.3, -0.25) is 0 Å². The van der Waals surface area contributed by atoms with Crippen LogP contribution < -0.4 is 0 Å². The van der Waals surface area contributed by atoms with Gasteiger partial charge >= 0.3 is 17.6 Å². The van der Waals surface area contributed by atoms with Crippen LogP contribution in [0.3, 0.4) is 0 Å². The fourth-order valence-electron chi connectivity index (χ4n) is 0. The Balaban J connectivity index is 0. The van der Waals surface area contributed by atoms with Crippen molar-refractivity contribution in [3.63, 3.8) is 0 Å². The van der Waals surface area contributed by atoms with Gasteiger partial charge in [0, 0.05) is 51.2 Å². The minimum absolute atomic E-state index is 0. The van der Waals surface area contributed by atoms with E-state index in [-0.39, 0.29) is 68.8 Å². The van der Waals surface area contributed by atoms with Crippen molar-refractivity contribution in [3.05, 3.63) is 0 Å². The topological polar surface area (TPSA) is 0 Å². The first-order valence-corrected chi connectivity index (χ1v) is 0. The van der Waals surface area contributed by atoms with Gasteiger partial charge in [-0.25, -0.2) is 0 Å². The molecule has 0 aromatic rings. The Bertz CT molecular complexity index is 3.25. The van der Waals surface area contributed by atoms with E-state index in [0.29, 0.717) is 0 Å². The molecule has 4 heteroatoms. The summed E-state index contributed by atoms with van der Waals surface area (Å²) >= 11 is 0. The summed E-state index contributed by atoms with van der Waals surface area (Å²) in [6.07, 6.45) is 0. The molecule has 0 amide bonds. The second kappa shape index (κ2) is 19.4. The predicted octanol–water partition coefficient (Wildman–Crippen LogP) is -1.46. The maximum atomic E-state index is 0. The molecule has 0 saturated heterocycles. The van der Waals surface area contributed by atoms with Crippen LogP contribution in [-0.2, 0) is 51.2 Å². The Morgan fingerprint density at radius 1 is 0.500 bits per heavy atom. The van der Waals surface area contributed by atoms with Crippen molar-refractivity contribution in [2.75, 3.05) is 0 Å². The summed E-state index contributed by atoms with van der Waals surface area (Å²) < 4.78 is 0. The molecular formula is H4Fe3Ge. The van der Waals surface area contributed by atoms with Gasteiger partial charge in [0.25, 0.3) is 0 Å². The molecule has 0 aliphatic heterocycles. The fraction of sp³-hybridized carbons (Fsp3) is 0. The van der Waals surface area contributed by atoms with E-state index in [1.54, 1.807) is 0 Å². The van der Waals surface area contributed by atoms with E-state index in [2.05, 4.69) is 0 Å². The molecule has 0 aromatic heterocycles. The monoisotopic (exact) mass is 246 g/mol. The van der Waals surface area contributed by atoms with Crippen molar-refractivity contribution in [2.45, 2.75) is 0 Å². The standard InChI is InChI=1S/3Fe.GeH4/h;;;1H4. The molecule has 0 aliphatic rings. The minimum atomic E-state index is 0. The molecular weight excluding hydrogens is 240 g/mol. The fourth-order valence-corrected chi connectivity index (χ4v) is 0. The van der Waals surface area contributed by atoms with E-state index in [1.165, 1.54) is 0 Å². The molecule has 32 valence electrons. The van der Waals surface area contributed by atoms with Gasteiger partial charge in [0.2, 0.25) is 0 Å². The third-order valence-corrected chi connectivity index (χ3v) is 0. The zero-order chi connectivity index (χ0) is 0. The van der Waals surface area contributed by atoms with Crippen LogP contribution in [0.2, 0.25) is 0 Å². The molecule has 0 saturated carbocycles. The first kappa shape index (κ1) is 36.0. The van der Waals surface area contributed by atoms with Gasteiger partial charge in [-0.05, 0) is 0 Å². The Morgan fingerprint density at radius 2 is 0.500 bits per heavy atom. The van der Waals surface area contributed by atoms with Gasteiger partial charge in [0.1, 0.15) is 0 Å². The molecule has 0 spiro atoms. The van der Waals surface area contributed by atoms with Crippen molar-refractivity contribution in [1.29, 1.82) is 0 Å². The SMILES string of the molecule is [Fe].[Fe].[Fe].[GeH4]. The number of hydrogen-bond acceptors (Lipinski definition) is 0. The van der Waals surface area contributed by atoms with Crippen LogP contribution in [0.25, 0.3) is 0 Å². The molecule has 4 heavy (non-hydrogen) atoms. The normalized spacial score (nSPS) is 0. The van der Waals surface area contributed by atoms with E-state index >= 15 is 0 Å². The summed E-state index contributed by atoms with van der Waals surface area (Å²) in [4.78, 5) is 0. The Morgan fingerprint density at radius 3 is 0.500 bits per heavy atom. The van der Waals surface area contributed by atoms with Crippen molar-refractivity contribution >= 4 is 17.6 Å². The van der Waals surface area contributed by atoms with Crippen molar-refractivity contribution in [2.24, 2.45) is 0 Å². The summed E-state index contributed by atoms with van der Waals surface area (Å²) in [5.74, 6) is 0. The van der Waals surface area contributed by atoms with Crippen LogP contribution in [0.5, 0.6) is 0 Å². The summed E-state index contributed by atoms with van der Waals surface area (Å²) in [6.45, 7) is 0. The van der Waals surface area contributed by atoms with Crippen LogP contribution >= 0.6 is 0 Å².